The SMILES string of the molecule is c1csc(CC2CCC3(CCC(COCCN4CCCC4)CC3)CC2)n1. The van der Waals surface area contributed by atoms with Crippen LogP contribution >= 0.6 is 11.3 Å². The second kappa shape index (κ2) is 9.16. The molecule has 4 heteroatoms. The highest BCUT2D eigenvalue weighted by atomic mass is 32.1. The predicted octanol–water partition coefficient (Wildman–Crippen LogP) is 5.16. The van der Waals surface area contributed by atoms with Crippen LogP contribution in [0.4, 0.5) is 0 Å². The molecule has 0 radical (unpaired) electrons. The molecule has 0 amide bonds. The van der Waals surface area contributed by atoms with Crippen LogP contribution in [0.5, 0.6) is 0 Å². The lowest BCUT2D eigenvalue weighted by Gasteiger charge is -2.45. The van der Waals surface area contributed by atoms with Crippen LogP contribution < -0.4 is 0 Å². The van der Waals surface area contributed by atoms with Crippen molar-refractivity contribution in [2.45, 2.75) is 70.6 Å². The minimum atomic E-state index is 0.686. The smallest absolute Gasteiger partial charge is 0.0927 e. The summed E-state index contributed by atoms with van der Waals surface area (Å²) in [6.45, 7) is 5.69. The van der Waals surface area contributed by atoms with Crippen molar-refractivity contribution >= 4 is 11.3 Å². The molecule has 1 spiro atoms. The Kier molecular flexibility index (Phi) is 6.66. The maximum absolute atomic E-state index is 6.04. The summed E-state index contributed by atoms with van der Waals surface area (Å²) in [7, 11) is 0. The maximum Gasteiger partial charge on any atom is 0.0927 e. The molecular weight excluding hydrogens is 340 g/mol. The van der Waals surface area contributed by atoms with Crippen molar-refractivity contribution in [1.29, 1.82) is 0 Å². The highest BCUT2D eigenvalue weighted by Crippen LogP contribution is 2.50. The van der Waals surface area contributed by atoms with Crippen LogP contribution in [-0.4, -0.2) is 42.7 Å². The molecule has 1 aliphatic heterocycles. The van der Waals surface area contributed by atoms with Crippen molar-refractivity contribution in [3.63, 3.8) is 0 Å². The lowest BCUT2D eigenvalue weighted by atomic mass is 9.61. The molecule has 0 aromatic carbocycles. The van der Waals surface area contributed by atoms with E-state index < -0.39 is 0 Å². The number of ether oxygens (including phenoxy) is 1. The number of hydrogen-bond donors (Lipinski definition) is 0. The third-order valence-electron chi connectivity index (χ3n) is 7.38. The van der Waals surface area contributed by atoms with E-state index in [1.807, 2.05) is 17.5 Å². The van der Waals surface area contributed by atoms with E-state index in [4.69, 9.17) is 4.74 Å². The number of rotatable bonds is 7. The van der Waals surface area contributed by atoms with E-state index in [-0.39, 0.29) is 0 Å². The summed E-state index contributed by atoms with van der Waals surface area (Å²) in [5.74, 6) is 1.71. The van der Waals surface area contributed by atoms with Crippen LogP contribution in [0.1, 0.15) is 69.2 Å². The molecule has 0 bridgehead atoms. The molecule has 3 nitrogen and oxygen atoms in total. The molecule has 1 saturated heterocycles. The zero-order chi connectivity index (χ0) is 17.7. The van der Waals surface area contributed by atoms with Crippen LogP contribution in [0.25, 0.3) is 0 Å². The van der Waals surface area contributed by atoms with Gasteiger partial charge in [-0.25, -0.2) is 4.98 Å². The summed E-state index contributed by atoms with van der Waals surface area (Å²) in [4.78, 5) is 7.04. The second-order valence-corrected chi connectivity index (χ2v) is 10.1. The van der Waals surface area contributed by atoms with E-state index in [1.54, 1.807) is 0 Å². The second-order valence-electron chi connectivity index (χ2n) is 9.14. The molecule has 1 aromatic heterocycles. The maximum atomic E-state index is 6.04. The molecule has 2 saturated carbocycles. The topological polar surface area (TPSA) is 25.4 Å². The van der Waals surface area contributed by atoms with E-state index in [0.717, 1.165) is 31.6 Å². The summed E-state index contributed by atoms with van der Waals surface area (Å²) < 4.78 is 6.04. The van der Waals surface area contributed by atoms with Gasteiger partial charge < -0.3 is 9.64 Å². The first-order chi connectivity index (χ1) is 12.8. The van der Waals surface area contributed by atoms with Crippen LogP contribution in [-0.2, 0) is 11.2 Å². The van der Waals surface area contributed by atoms with Crippen molar-refractivity contribution in [3.05, 3.63) is 16.6 Å². The standard InChI is InChI=1S/C22H36N2OS/c1-2-13-24(12-1)14-15-25-18-20-5-9-22(10-6-20)7-3-19(4-8-22)17-21-23-11-16-26-21/h11,16,19-20H,1-10,12-15,17-18H2. The largest absolute Gasteiger partial charge is 0.380 e. The van der Waals surface area contributed by atoms with Gasteiger partial charge in [0.2, 0.25) is 0 Å². The predicted molar refractivity (Wildman–Crippen MR) is 109 cm³/mol. The fraction of sp³-hybridized carbons (Fsp3) is 0.864. The molecule has 2 aliphatic carbocycles. The number of nitrogens with zero attached hydrogens (tertiary/aromatic N) is 2. The van der Waals surface area contributed by atoms with Crippen molar-refractivity contribution < 1.29 is 4.74 Å². The van der Waals surface area contributed by atoms with Gasteiger partial charge >= 0.3 is 0 Å². The van der Waals surface area contributed by atoms with E-state index in [1.165, 1.54) is 88.7 Å². The van der Waals surface area contributed by atoms with Crippen molar-refractivity contribution in [2.75, 3.05) is 32.8 Å². The van der Waals surface area contributed by atoms with Gasteiger partial charge in [0.25, 0.3) is 0 Å². The molecular formula is C22H36N2OS. The summed E-state index contributed by atoms with van der Waals surface area (Å²) in [5, 5.41) is 3.47. The van der Waals surface area contributed by atoms with Gasteiger partial charge in [-0.3, -0.25) is 0 Å². The van der Waals surface area contributed by atoms with Crippen LogP contribution in [0.3, 0.4) is 0 Å². The highest BCUT2D eigenvalue weighted by Gasteiger charge is 2.38. The molecule has 0 unspecified atom stereocenters. The quantitative estimate of drug-likeness (QED) is 0.614. The summed E-state index contributed by atoms with van der Waals surface area (Å²) in [6, 6.07) is 0. The Morgan fingerprint density at radius 1 is 1.04 bits per heavy atom. The number of aromatic nitrogens is 1. The number of likely N-dealkylation sites (tertiary alicyclic amines) is 1. The Hall–Kier alpha value is -0.450. The minimum absolute atomic E-state index is 0.686. The molecule has 4 rings (SSSR count). The van der Waals surface area contributed by atoms with Crippen LogP contribution in [0, 0.1) is 17.3 Å². The van der Waals surface area contributed by atoms with E-state index in [0.29, 0.717) is 5.41 Å². The summed E-state index contributed by atoms with van der Waals surface area (Å²) in [5.41, 5.74) is 0.686. The Bertz CT molecular complexity index is 508. The van der Waals surface area contributed by atoms with Gasteiger partial charge in [-0.15, -0.1) is 11.3 Å². The lowest BCUT2D eigenvalue weighted by Crippen LogP contribution is -2.34. The van der Waals surface area contributed by atoms with E-state index >= 15 is 0 Å². The van der Waals surface area contributed by atoms with Gasteiger partial charge in [0, 0.05) is 31.1 Å². The van der Waals surface area contributed by atoms with E-state index in [9.17, 15) is 0 Å². The average molecular weight is 377 g/mol. The molecule has 0 N–H and O–H groups in total. The van der Waals surface area contributed by atoms with Gasteiger partial charge in [0.05, 0.1) is 11.6 Å². The van der Waals surface area contributed by atoms with Crippen molar-refractivity contribution in [2.24, 2.45) is 17.3 Å². The zero-order valence-corrected chi connectivity index (χ0v) is 17.2. The lowest BCUT2D eigenvalue weighted by molar-refractivity contribution is 0.0281. The molecule has 0 atom stereocenters. The Morgan fingerprint density at radius 3 is 2.38 bits per heavy atom. The fourth-order valence-corrected chi connectivity index (χ4v) is 6.23. The molecule has 1 aromatic rings. The molecule has 146 valence electrons. The zero-order valence-electron chi connectivity index (χ0n) is 16.3. The third kappa shape index (κ3) is 5.08. The van der Waals surface area contributed by atoms with Crippen LogP contribution in [0.2, 0.25) is 0 Å². The normalized spacial score (nSPS) is 33.1. The molecule has 2 heterocycles. The van der Waals surface area contributed by atoms with E-state index in [2.05, 4.69) is 15.3 Å². The van der Waals surface area contributed by atoms with Crippen molar-refractivity contribution in [1.82, 2.24) is 9.88 Å². The Balaban J connectivity index is 1.11. The molecule has 3 fully saturated rings. The van der Waals surface area contributed by atoms with Gasteiger partial charge in [0.15, 0.2) is 0 Å². The fourth-order valence-electron chi connectivity index (χ4n) is 5.50. The van der Waals surface area contributed by atoms with Crippen molar-refractivity contribution in [3.8, 4) is 0 Å². The van der Waals surface area contributed by atoms with Crippen LogP contribution in [0.15, 0.2) is 11.6 Å². The van der Waals surface area contributed by atoms with Gasteiger partial charge in [-0.1, -0.05) is 0 Å². The third-order valence-corrected chi connectivity index (χ3v) is 8.18. The monoisotopic (exact) mass is 376 g/mol. The molecule has 3 aliphatic rings. The first-order valence-corrected chi connectivity index (χ1v) is 11.9. The first kappa shape index (κ1) is 18.9. The summed E-state index contributed by atoms with van der Waals surface area (Å²) in [6.07, 6.45) is 17.4. The van der Waals surface area contributed by atoms with Gasteiger partial charge in [-0.2, -0.15) is 0 Å². The Labute approximate surface area is 163 Å². The first-order valence-electron chi connectivity index (χ1n) is 11.0. The molecule has 26 heavy (non-hydrogen) atoms. The summed E-state index contributed by atoms with van der Waals surface area (Å²) >= 11 is 1.83. The number of hydrogen-bond acceptors (Lipinski definition) is 4. The Morgan fingerprint density at radius 2 is 1.73 bits per heavy atom. The van der Waals surface area contributed by atoms with Gasteiger partial charge in [-0.05, 0) is 94.5 Å². The van der Waals surface area contributed by atoms with Gasteiger partial charge in [0.1, 0.15) is 0 Å². The highest BCUT2D eigenvalue weighted by molar-refractivity contribution is 7.09. The minimum Gasteiger partial charge on any atom is -0.380 e. The number of thiazole rings is 1. The average Bonchev–Trinajstić information content (AvgIpc) is 3.37.